The molecule has 1 aromatic carbocycles. The second-order valence-electron chi connectivity index (χ2n) is 6.07. The van der Waals surface area contributed by atoms with Crippen LogP contribution in [0.25, 0.3) is 0 Å². The predicted octanol–water partition coefficient (Wildman–Crippen LogP) is 2.85. The highest BCUT2D eigenvalue weighted by Gasteiger charge is 2.12. The Morgan fingerprint density at radius 1 is 1.22 bits per heavy atom. The smallest absolute Gasteiger partial charge is 0.251 e. The molecule has 0 aliphatic carbocycles. The minimum atomic E-state index is -0.109. The summed E-state index contributed by atoms with van der Waals surface area (Å²) in [5.74, 6) is 1.73. The maximum absolute atomic E-state index is 12.2. The molecule has 0 aromatic heterocycles. The van der Waals surface area contributed by atoms with Crippen LogP contribution < -0.4 is 20.1 Å². The molecule has 0 saturated carbocycles. The fraction of sp³-hybridized carbons (Fsp3) is 0.611. The summed E-state index contributed by atoms with van der Waals surface area (Å²) in [6.07, 6.45) is 0.980. The first-order chi connectivity index (χ1) is 11.0. The number of amides is 1. The molecular weight excluding hydrogens is 292 g/mol. The van der Waals surface area contributed by atoms with E-state index >= 15 is 0 Å². The van der Waals surface area contributed by atoms with Crippen LogP contribution in [-0.4, -0.2) is 38.8 Å². The minimum absolute atomic E-state index is 0.109. The van der Waals surface area contributed by atoms with Gasteiger partial charge in [-0.05, 0) is 44.0 Å². The molecule has 130 valence electrons. The molecule has 0 aliphatic rings. The molecule has 1 aromatic rings. The largest absolute Gasteiger partial charge is 0.493 e. The lowest BCUT2D eigenvalue weighted by Crippen LogP contribution is -2.38. The van der Waals surface area contributed by atoms with Crippen LogP contribution in [0, 0.1) is 5.92 Å². The van der Waals surface area contributed by atoms with Gasteiger partial charge in [-0.25, -0.2) is 0 Å². The first-order valence-corrected chi connectivity index (χ1v) is 8.30. The highest BCUT2D eigenvalue weighted by molar-refractivity contribution is 5.94. The SMILES string of the molecule is CCN[C@H](C)CNC(=O)c1ccc(OCCC(C)C)c(OC)c1. The lowest BCUT2D eigenvalue weighted by Gasteiger charge is -2.15. The van der Waals surface area contributed by atoms with Gasteiger partial charge in [-0.15, -0.1) is 0 Å². The molecule has 0 unspecified atom stereocenters. The molecule has 2 N–H and O–H groups in total. The molecular formula is C18H30N2O3. The van der Waals surface area contributed by atoms with E-state index in [0.717, 1.165) is 13.0 Å². The van der Waals surface area contributed by atoms with Gasteiger partial charge in [0.15, 0.2) is 11.5 Å². The minimum Gasteiger partial charge on any atom is -0.493 e. The van der Waals surface area contributed by atoms with Crippen molar-refractivity contribution in [2.24, 2.45) is 5.92 Å². The van der Waals surface area contributed by atoms with Crippen molar-refractivity contribution in [2.75, 3.05) is 26.8 Å². The summed E-state index contributed by atoms with van der Waals surface area (Å²) in [6.45, 7) is 10.5. The van der Waals surface area contributed by atoms with E-state index in [-0.39, 0.29) is 11.9 Å². The lowest BCUT2D eigenvalue weighted by molar-refractivity contribution is 0.0950. The molecule has 0 saturated heterocycles. The molecule has 1 amide bonds. The number of hydrogen-bond acceptors (Lipinski definition) is 4. The Balaban J connectivity index is 2.64. The average Bonchev–Trinajstić information content (AvgIpc) is 2.52. The van der Waals surface area contributed by atoms with E-state index in [0.29, 0.717) is 36.1 Å². The quantitative estimate of drug-likeness (QED) is 0.695. The van der Waals surface area contributed by atoms with Gasteiger partial charge in [0, 0.05) is 18.2 Å². The molecule has 1 rings (SSSR count). The second kappa shape index (κ2) is 10.1. The molecule has 0 aliphatic heterocycles. The van der Waals surface area contributed by atoms with Crippen molar-refractivity contribution < 1.29 is 14.3 Å². The topological polar surface area (TPSA) is 59.6 Å². The lowest BCUT2D eigenvalue weighted by atomic mass is 10.1. The van der Waals surface area contributed by atoms with Crippen LogP contribution in [-0.2, 0) is 0 Å². The van der Waals surface area contributed by atoms with Crippen LogP contribution >= 0.6 is 0 Å². The number of ether oxygens (including phenoxy) is 2. The van der Waals surface area contributed by atoms with Gasteiger partial charge >= 0.3 is 0 Å². The molecule has 0 radical (unpaired) electrons. The average molecular weight is 322 g/mol. The summed E-state index contributed by atoms with van der Waals surface area (Å²) < 4.78 is 11.1. The number of carbonyl (C=O) groups is 1. The van der Waals surface area contributed by atoms with Crippen LogP contribution in [0.5, 0.6) is 11.5 Å². The van der Waals surface area contributed by atoms with Gasteiger partial charge in [0.2, 0.25) is 0 Å². The van der Waals surface area contributed by atoms with E-state index in [2.05, 4.69) is 24.5 Å². The standard InChI is InChI=1S/C18H30N2O3/c1-6-19-14(4)12-20-18(21)15-7-8-16(17(11-15)22-5)23-10-9-13(2)3/h7-8,11,13-14,19H,6,9-10,12H2,1-5H3,(H,20,21)/t14-/m1/s1. The van der Waals surface area contributed by atoms with Crippen molar-refractivity contribution >= 4 is 5.91 Å². The fourth-order valence-electron chi connectivity index (χ4n) is 2.10. The molecule has 0 bridgehead atoms. The number of rotatable bonds is 10. The van der Waals surface area contributed by atoms with Gasteiger partial charge in [-0.2, -0.15) is 0 Å². The Hall–Kier alpha value is -1.75. The van der Waals surface area contributed by atoms with Gasteiger partial charge in [0.25, 0.3) is 5.91 Å². The Morgan fingerprint density at radius 2 is 1.96 bits per heavy atom. The van der Waals surface area contributed by atoms with Crippen LogP contribution in [0.4, 0.5) is 0 Å². The maximum atomic E-state index is 12.2. The van der Waals surface area contributed by atoms with Crippen molar-refractivity contribution in [1.29, 1.82) is 0 Å². The van der Waals surface area contributed by atoms with Crippen LogP contribution in [0.3, 0.4) is 0 Å². The van der Waals surface area contributed by atoms with Crippen LogP contribution in [0.2, 0.25) is 0 Å². The summed E-state index contributed by atoms with van der Waals surface area (Å²) in [4.78, 5) is 12.2. The number of benzene rings is 1. The van der Waals surface area contributed by atoms with E-state index < -0.39 is 0 Å². The molecule has 0 heterocycles. The van der Waals surface area contributed by atoms with E-state index in [9.17, 15) is 4.79 Å². The third kappa shape index (κ3) is 6.91. The third-order valence-electron chi connectivity index (χ3n) is 3.50. The molecule has 5 nitrogen and oxygen atoms in total. The van der Waals surface area contributed by atoms with Crippen molar-refractivity contribution in [3.63, 3.8) is 0 Å². The number of carbonyl (C=O) groups excluding carboxylic acids is 1. The highest BCUT2D eigenvalue weighted by Crippen LogP contribution is 2.28. The first-order valence-electron chi connectivity index (χ1n) is 8.30. The van der Waals surface area contributed by atoms with Gasteiger partial charge in [-0.3, -0.25) is 4.79 Å². The zero-order valence-electron chi connectivity index (χ0n) is 14.9. The highest BCUT2D eigenvalue weighted by atomic mass is 16.5. The number of nitrogens with one attached hydrogen (secondary N) is 2. The normalized spacial score (nSPS) is 12.1. The molecule has 0 fully saturated rings. The monoisotopic (exact) mass is 322 g/mol. The fourth-order valence-corrected chi connectivity index (χ4v) is 2.10. The van der Waals surface area contributed by atoms with Crippen molar-refractivity contribution in [1.82, 2.24) is 10.6 Å². The number of methoxy groups -OCH3 is 1. The van der Waals surface area contributed by atoms with Crippen LogP contribution in [0.1, 0.15) is 44.5 Å². The van der Waals surface area contributed by atoms with Gasteiger partial charge in [0.05, 0.1) is 13.7 Å². The van der Waals surface area contributed by atoms with Crippen molar-refractivity contribution in [3.8, 4) is 11.5 Å². The second-order valence-corrected chi connectivity index (χ2v) is 6.07. The number of likely N-dealkylation sites (N-methyl/N-ethyl adjacent to an activating group) is 1. The summed E-state index contributed by atoms with van der Waals surface area (Å²) in [5, 5.41) is 6.17. The first kappa shape index (κ1) is 19.3. The van der Waals surface area contributed by atoms with Gasteiger partial charge in [0.1, 0.15) is 0 Å². The molecule has 23 heavy (non-hydrogen) atoms. The van der Waals surface area contributed by atoms with Gasteiger partial charge in [-0.1, -0.05) is 20.8 Å². The Morgan fingerprint density at radius 3 is 2.57 bits per heavy atom. The predicted molar refractivity (Wildman–Crippen MR) is 93.4 cm³/mol. The maximum Gasteiger partial charge on any atom is 0.251 e. The molecule has 5 heteroatoms. The Labute approximate surface area is 139 Å². The zero-order valence-corrected chi connectivity index (χ0v) is 14.9. The van der Waals surface area contributed by atoms with E-state index in [4.69, 9.17) is 9.47 Å². The summed E-state index contributed by atoms with van der Waals surface area (Å²) in [7, 11) is 1.58. The Kier molecular flexibility index (Phi) is 8.48. The summed E-state index contributed by atoms with van der Waals surface area (Å²) >= 11 is 0. The third-order valence-corrected chi connectivity index (χ3v) is 3.50. The number of hydrogen-bond donors (Lipinski definition) is 2. The molecule has 0 spiro atoms. The summed E-state index contributed by atoms with van der Waals surface area (Å²) in [6, 6.07) is 5.52. The van der Waals surface area contributed by atoms with Gasteiger partial charge < -0.3 is 20.1 Å². The van der Waals surface area contributed by atoms with E-state index in [1.54, 1.807) is 25.3 Å². The molecule has 1 atom stereocenters. The van der Waals surface area contributed by atoms with E-state index in [1.165, 1.54) is 0 Å². The van der Waals surface area contributed by atoms with Crippen molar-refractivity contribution in [2.45, 2.75) is 40.2 Å². The van der Waals surface area contributed by atoms with E-state index in [1.807, 2.05) is 13.8 Å². The van der Waals surface area contributed by atoms with Crippen LogP contribution in [0.15, 0.2) is 18.2 Å². The Bertz CT molecular complexity index is 489. The summed E-state index contributed by atoms with van der Waals surface area (Å²) in [5.41, 5.74) is 0.571. The van der Waals surface area contributed by atoms with Crippen molar-refractivity contribution in [3.05, 3.63) is 23.8 Å². The zero-order chi connectivity index (χ0) is 17.2.